The molecule has 1 fully saturated rings. The highest BCUT2D eigenvalue weighted by Gasteiger charge is 2.38. The molecule has 3 atom stereocenters. The predicted octanol–water partition coefficient (Wildman–Crippen LogP) is 0.759. The van der Waals surface area contributed by atoms with Gasteiger partial charge in [-0.25, -0.2) is 0 Å². The van der Waals surface area contributed by atoms with Crippen molar-refractivity contribution < 1.29 is 9.84 Å². The molecule has 1 saturated heterocycles. The highest BCUT2D eigenvalue weighted by Crippen LogP contribution is 2.35. The summed E-state index contributed by atoms with van der Waals surface area (Å²) in [4.78, 5) is 0. The van der Waals surface area contributed by atoms with Crippen molar-refractivity contribution in [1.82, 2.24) is 0 Å². The fraction of sp³-hybridized carbons (Fsp3) is 1.00. The second-order valence-electron chi connectivity index (χ2n) is 4.30. The van der Waals surface area contributed by atoms with Crippen LogP contribution in [-0.2, 0) is 4.74 Å². The quantitative estimate of drug-likeness (QED) is 0.686. The maximum absolute atomic E-state index is 9.69. The molecule has 0 saturated carbocycles. The molecular weight excluding hydrogens is 166 g/mol. The monoisotopic (exact) mass is 187 g/mol. The Balaban J connectivity index is 2.62. The predicted molar refractivity (Wildman–Crippen MR) is 52.4 cm³/mol. The van der Waals surface area contributed by atoms with Crippen LogP contribution in [0.4, 0.5) is 0 Å². The van der Waals surface area contributed by atoms with E-state index in [0.717, 1.165) is 26.1 Å². The van der Waals surface area contributed by atoms with Crippen LogP contribution in [0.3, 0.4) is 0 Å². The number of nitrogens with two attached hydrogens (primary N) is 1. The first-order chi connectivity index (χ1) is 6.11. The molecule has 0 aromatic carbocycles. The Morgan fingerprint density at radius 1 is 1.69 bits per heavy atom. The van der Waals surface area contributed by atoms with Crippen LogP contribution in [0.15, 0.2) is 0 Å². The SMILES string of the molecule is CC(O)C(C)(CN)C1CCCOC1. The summed E-state index contributed by atoms with van der Waals surface area (Å²) in [6.45, 7) is 6.01. The van der Waals surface area contributed by atoms with Gasteiger partial charge in [0.1, 0.15) is 0 Å². The van der Waals surface area contributed by atoms with Gasteiger partial charge in [-0.05, 0) is 25.7 Å². The summed E-state index contributed by atoms with van der Waals surface area (Å²) < 4.78 is 5.41. The van der Waals surface area contributed by atoms with Crippen molar-refractivity contribution in [2.24, 2.45) is 17.1 Å². The van der Waals surface area contributed by atoms with E-state index in [9.17, 15) is 5.11 Å². The molecule has 0 aromatic heterocycles. The fourth-order valence-corrected chi connectivity index (χ4v) is 1.94. The van der Waals surface area contributed by atoms with Crippen LogP contribution in [0.5, 0.6) is 0 Å². The third kappa shape index (κ3) is 2.22. The first-order valence-electron chi connectivity index (χ1n) is 5.07. The number of aliphatic hydroxyl groups excluding tert-OH is 1. The Kier molecular flexibility index (Phi) is 3.71. The molecule has 1 heterocycles. The summed E-state index contributed by atoms with van der Waals surface area (Å²) in [5.74, 6) is 0.409. The number of rotatable bonds is 3. The Morgan fingerprint density at radius 3 is 2.77 bits per heavy atom. The number of hydrogen-bond donors (Lipinski definition) is 2. The molecule has 3 unspecified atom stereocenters. The van der Waals surface area contributed by atoms with Crippen molar-refractivity contribution in [1.29, 1.82) is 0 Å². The van der Waals surface area contributed by atoms with Gasteiger partial charge in [-0.3, -0.25) is 0 Å². The zero-order valence-corrected chi connectivity index (χ0v) is 8.62. The first-order valence-corrected chi connectivity index (χ1v) is 5.07. The van der Waals surface area contributed by atoms with E-state index in [1.54, 1.807) is 0 Å². The van der Waals surface area contributed by atoms with Crippen molar-refractivity contribution in [3.63, 3.8) is 0 Å². The average molecular weight is 187 g/mol. The normalized spacial score (nSPS) is 30.9. The van der Waals surface area contributed by atoms with E-state index in [-0.39, 0.29) is 11.5 Å². The van der Waals surface area contributed by atoms with E-state index in [1.165, 1.54) is 0 Å². The summed E-state index contributed by atoms with van der Waals surface area (Å²) in [5, 5.41) is 9.69. The maximum Gasteiger partial charge on any atom is 0.0581 e. The molecule has 0 radical (unpaired) electrons. The largest absolute Gasteiger partial charge is 0.393 e. The molecule has 1 aliphatic rings. The van der Waals surface area contributed by atoms with Crippen molar-refractivity contribution in [3.8, 4) is 0 Å². The molecule has 13 heavy (non-hydrogen) atoms. The third-order valence-corrected chi connectivity index (χ3v) is 3.49. The van der Waals surface area contributed by atoms with E-state index in [2.05, 4.69) is 6.92 Å². The average Bonchev–Trinajstić information content (AvgIpc) is 2.17. The van der Waals surface area contributed by atoms with Crippen molar-refractivity contribution in [2.75, 3.05) is 19.8 Å². The highest BCUT2D eigenvalue weighted by molar-refractivity contribution is 4.88. The zero-order chi connectivity index (χ0) is 9.90. The Morgan fingerprint density at radius 2 is 2.38 bits per heavy atom. The molecule has 0 aliphatic carbocycles. The standard InChI is InChI=1S/C10H21NO2/c1-8(12)10(2,7-11)9-4-3-5-13-6-9/h8-9,12H,3-7,11H2,1-2H3. The van der Waals surface area contributed by atoms with Crippen LogP contribution in [0.25, 0.3) is 0 Å². The van der Waals surface area contributed by atoms with Gasteiger partial charge in [-0.15, -0.1) is 0 Å². The third-order valence-electron chi connectivity index (χ3n) is 3.49. The molecule has 0 bridgehead atoms. The lowest BCUT2D eigenvalue weighted by atomic mass is 9.71. The Bertz CT molecular complexity index is 155. The summed E-state index contributed by atoms with van der Waals surface area (Å²) >= 11 is 0. The minimum atomic E-state index is -0.357. The molecule has 0 spiro atoms. The van der Waals surface area contributed by atoms with Crippen LogP contribution in [0.1, 0.15) is 26.7 Å². The van der Waals surface area contributed by atoms with Crippen molar-refractivity contribution >= 4 is 0 Å². The summed E-state index contributed by atoms with van der Waals surface area (Å²) in [5.41, 5.74) is 5.54. The number of ether oxygens (including phenoxy) is 1. The minimum Gasteiger partial charge on any atom is -0.393 e. The van der Waals surface area contributed by atoms with E-state index >= 15 is 0 Å². The maximum atomic E-state index is 9.69. The Labute approximate surface area is 80.3 Å². The van der Waals surface area contributed by atoms with E-state index in [1.807, 2.05) is 6.92 Å². The summed E-state index contributed by atoms with van der Waals surface area (Å²) in [7, 11) is 0. The smallest absolute Gasteiger partial charge is 0.0581 e. The first kappa shape index (κ1) is 11.0. The summed E-state index contributed by atoms with van der Waals surface area (Å²) in [6.07, 6.45) is 1.86. The van der Waals surface area contributed by atoms with Crippen LogP contribution in [0, 0.1) is 11.3 Å². The van der Waals surface area contributed by atoms with Gasteiger partial charge in [0.2, 0.25) is 0 Å². The van der Waals surface area contributed by atoms with Gasteiger partial charge in [0.25, 0.3) is 0 Å². The van der Waals surface area contributed by atoms with Gasteiger partial charge in [0.15, 0.2) is 0 Å². The molecule has 3 N–H and O–H groups in total. The minimum absolute atomic E-state index is 0.180. The second kappa shape index (κ2) is 4.40. The summed E-state index contributed by atoms with van der Waals surface area (Å²) in [6, 6.07) is 0. The van der Waals surface area contributed by atoms with Gasteiger partial charge in [0.05, 0.1) is 12.7 Å². The van der Waals surface area contributed by atoms with Crippen LogP contribution in [0.2, 0.25) is 0 Å². The van der Waals surface area contributed by atoms with Gasteiger partial charge in [-0.2, -0.15) is 0 Å². The molecule has 0 amide bonds. The lowest BCUT2D eigenvalue weighted by molar-refractivity contribution is -0.0543. The molecular formula is C10H21NO2. The van der Waals surface area contributed by atoms with Crippen LogP contribution >= 0.6 is 0 Å². The molecule has 1 aliphatic heterocycles. The van der Waals surface area contributed by atoms with Crippen LogP contribution < -0.4 is 5.73 Å². The molecule has 78 valence electrons. The van der Waals surface area contributed by atoms with Gasteiger partial charge in [-0.1, -0.05) is 6.92 Å². The second-order valence-corrected chi connectivity index (χ2v) is 4.30. The molecule has 1 rings (SSSR count). The molecule has 3 heteroatoms. The molecule has 3 nitrogen and oxygen atoms in total. The Hall–Kier alpha value is -0.120. The van der Waals surface area contributed by atoms with Gasteiger partial charge >= 0.3 is 0 Å². The highest BCUT2D eigenvalue weighted by atomic mass is 16.5. The topological polar surface area (TPSA) is 55.5 Å². The molecule has 0 aromatic rings. The number of hydrogen-bond acceptors (Lipinski definition) is 3. The van der Waals surface area contributed by atoms with E-state index in [0.29, 0.717) is 12.5 Å². The van der Waals surface area contributed by atoms with Gasteiger partial charge < -0.3 is 15.6 Å². The number of aliphatic hydroxyl groups is 1. The lowest BCUT2D eigenvalue weighted by Gasteiger charge is -2.41. The van der Waals surface area contributed by atoms with Crippen molar-refractivity contribution in [3.05, 3.63) is 0 Å². The van der Waals surface area contributed by atoms with E-state index in [4.69, 9.17) is 10.5 Å². The van der Waals surface area contributed by atoms with Gasteiger partial charge in [0, 0.05) is 18.6 Å². The fourth-order valence-electron chi connectivity index (χ4n) is 1.94. The van der Waals surface area contributed by atoms with E-state index < -0.39 is 0 Å². The van der Waals surface area contributed by atoms with Crippen molar-refractivity contribution in [2.45, 2.75) is 32.8 Å². The van der Waals surface area contributed by atoms with Crippen LogP contribution in [-0.4, -0.2) is 31.0 Å². The lowest BCUT2D eigenvalue weighted by Crippen LogP contribution is -2.46. The zero-order valence-electron chi connectivity index (χ0n) is 8.62.